The van der Waals surface area contributed by atoms with Crippen LogP contribution in [0.25, 0.3) is 0 Å². The quantitative estimate of drug-likeness (QED) is 0.811. The summed E-state index contributed by atoms with van der Waals surface area (Å²) in [5, 5.41) is 3.46. The van der Waals surface area contributed by atoms with Crippen molar-refractivity contribution < 1.29 is 4.74 Å². The van der Waals surface area contributed by atoms with Gasteiger partial charge in [-0.25, -0.2) is 0 Å². The first-order valence-electron chi connectivity index (χ1n) is 7.18. The van der Waals surface area contributed by atoms with E-state index < -0.39 is 0 Å². The normalized spacial score (nSPS) is 40.4. The minimum absolute atomic E-state index is 0.651. The summed E-state index contributed by atoms with van der Waals surface area (Å²) in [5.74, 6) is 2.42. The minimum atomic E-state index is 0.651. The fourth-order valence-corrected chi connectivity index (χ4v) is 3.20. The molecule has 2 aliphatic rings. The zero-order chi connectivity index (χ0) is 12.3. The topological polar surface area (TPSA) is 24.5 Å². The molecule has 2 heterocycles. The molecule has 0 aromatic rings. The van der Waals surface area contributed by atoms with Crippen LogP contribution in [0.5, 0.6) is 0 Å². The van der Waals surface area contributed by atoms with E-state index >= 15 is 0 Å². The molecule has 2 saturated heterocycles. The monoisotopic (exact) mass is 240 g/mol. The minimum Gasteiger partial charge on any atom is -0.381 e. The first-order chi connectivity index (χ1) is 8.20. The van der Waals surface area contributed by atoms with Crippen LogP contribution in [0.3, 0.4) is 0 Å². The van der Waals surface area contributed by atoms with Crippen molar-refractivity contribution in [2.24, 2.45) is 17.8 Å². The number of rotatable bonds is 3. The van der Waals surface area contributed by atoms with Gasteiger partial charge in [0, 0.05) is 31.7 Å². The Labute approximate surface area is 106 Å². The van der Waals surface area contributed by atoms with Crippen LogP contribution in [0.15, 0.2) is 0 Å². The van der Waals surface area contributed by atoms with E-state index in [0.717, 1.165) is 25.0 Å². The summed E-state index contributed by atoms with van der Waals surface area (Å²) in [7, 11) is 2.09. The van der Waals surface area contributed by atoms with Crippen molar-refractivity contribution in [1.82, 2.24) is 10.2 Å². The van der Waals surface area contributed by atoms with Crippen molar-refractivity contribution in [3.05, 3.63) is 0 Å². The summed E-state index contributed by atoms with van der Waals surface area (Å²) >= 11 is 0. The number of hydrogen-bond donors (Lipinski definition) is 1. The Hall–Kier alpha value is -0.120. The van der Waals surface area contributed by atoms with Gasteiger partial charge in [-0.05, 0) is 38.3 Å². The van der Waals surface area contributed by atoms with E-state index in [2.05, 4.69) is 31.1 Å². The molecular formula is C14H28N2O. The lowest BCUT2D eigenvalue weighted by molar-refractivity contribution is 0.00898. The second-order valence-electron chi connectivity index (χ2n) is 6.02. The molecule has 2 aliphatic heterocycles. The molecule has 0 aliphatic carbocycles. The van der Waals surface area contributed by atoms with Gasteiger partial charge in [0.25, 0.3) is 0 Å². The molecule has 17 heavy (non-hydrogen) atoms. The van der Waals surface area contributed by atoms with E-state index in [-0.39, 0.29) is 0 Å². The molecule has 3 nitrogen and oxygen atoms in total. The summed E-state index contributed by atoms with van der Waals surface area (Å²) in [4.78, 5) is 2.65. The zero-order valence-electron chi connectivity index (χ0n) is 11.6. The molecule has 0 aromatic heterocycles. The van der Waals surface area contributed by atoms with Crippen LogP contribution in [0.1, 0.15) is 26.7 Å². The van der Waals surface area contributed by atoms with Gasteiger partial charge in [-0.2, -0.15) is 0 Å². The molecule has 3 heteroatoms. The Balaban J connectivity index is 1.83. The Morgan fingerprint density at radius 1 is 1.24 bits per heavy atom. The highest BCUT2D eigenvalue weighted by Crippen LogP contribution is 2.24. The van der Waals surface area contributed by atoms with Crippen LogP contribution in [-0.2, 0) is 4.74 Å². The summed E-state index contributed by atoms with van der Waals surface area (Å²) in [6.07, 6.45) is 2.53. The lowest BCUT2D eigenvalue weighted by Gasteiger charge is -2.40. The van der Waals surface area contributed by atoms with E-state index in [1.165, 1.54) is 32.5 Å². The fourth-order valence-electron chi connectivity index (χ4n) is 3.20. The molecule has 0 amide bonds. The molecular weight excluding hydrogens is 212 g/mol. The third kappa shape index (κ3) is 3.43. The highest BCUT2D eigenvalue weighted by molar-refractivity contribution is 4.83. The van der Waals surface area contributed by atoms with Crippen LogP contribution in [-0.4, -0.2) is 50.8 Å². The lowest BCUT2D eigenvalue weighted by Crippen LogP contribution is -2.49. The van der Waals surface area contributed by atoms with Crippen molar-refractivity contribution in [2.45, 2.75) is 32.7 Å². The largest absolute Gasteiger partial charge is 0.381 e. The summed E-state index contributed by atoms with van der Waals surface area (Å²) in [6, 6.07) is 0.651. The highest BCUT2D eigenvalue weighted by Gasteiger charge is 2.29. The van der Waals surface area contributed by atoms with E-state index in [4.69, 9.17) is 4.74 Å². The van der Waals surface area contributed by atoms with Gasteiger partial charge >= 0.3 is 0 Å². The Morgan fingerprint density at radius 3 is 2.76 bits per heavy atom. The number of likely N-dealkylation sites (tertiary alicyclic amines) is 1. The van der Waals surface area contributed by atoms with Gasteiger partial charge in [0.15, 0.2) is 0 Å². The van der Waals surface area contributed by atoms with E-state index in [9.17, 15) is 0 Å². The summed E-state index contributed by atoms with van der Waals surface area (Å²) in [6.45, 7) is 10.4. The van der Waals surface area contributed by atoms with Gasteiger partial charge in [-0.3, -0.25) is 0 Å². The van der Waals surface area contributed by atoms with Crippen LogP contribution < -0.4 is 5.32 Å². The van der Waals surface area contributed by atoms with Crippen molar-refractivity contribution in [3.63, 3.8) is 0 Å². The molecule has 0 aromatic carbocycles. The first-order valence-corrected chi connectivity index (χ1v) is 7.18. The zero-order valence-corrected chi connectivity index (χ0v) is 11.6. The SMILES string of the molecule is CNC1CCOCC1CN1CCC(C)C(C)C1. The molecule has 0 bridgehead atoms. The van der Waals surface area contributed by atoms with Crippen LogP contribution in [0.2, 0.25) is 0 Å². The Morgan fingerprint density at radius 2 is 2.06 bits per heavy atom. The number of nitrogens with zero attached hydrogens (tertiary/aromatic N) is 1. The molecule has 2 fully saturated rings. The van der Waals surface area contributed by atoms with Crippen molar-refractivity contribution in [1.29, 1.82) is 0 Å². The molecule has 0 radical (unpaired) electrons. The number of nitrogens with one attached hydrogen (secondary N) is 1. The van der Waals surface area contributed by atoms with Gasteiger partial charge in [0.1, 0.15) is 0 Å². The molecule has 1 N–H and O–H groups in total. The van der Waals surface area contributed by atoms with Crippen molar-refractivity contribution in [2.75, 3.05) is 39.9 Å². The van der Waals surface area contributed by atoms with Crippen LogP contribution in [0, 0.1) is 17.8 Å². The Kier molecular flexibility index (Phi) is 4.83. The van der Waals surface area contributed by atoms with E-state index in [1.807, 2.05) is 0 Å². The van der Waals surface area contributed by atoms with Gasteiger partial charge < -0.3 is 15.0 Å². The van der Waals surface area contributed by atoms with Gasteiger partial charge in [-0.1, -0.05) is 13.8 Å². The number of hydrogen-bond acceptors (Lipinski definition) is 3. The van der Waals surface area contributed by atoms with Gasteiger partial charge in [-0.15, -0.1) is 0 Å². The predicted octanol–water partition coefficient (Wildman–Crippen LogP) is 1.59. The maximum absolute atomic E-state index is 5.64. The third-order valence-corrected chi connectivity index (χ3v) is 4.76. The standard InChI is InChI=1S/C14H28N2O/c1-11-4-6-16(8-12(11)2)9-13-10-17-7-5-14(13)15-3/h11-15H,4-10H2,1-3H3. The molecule has 0 saturated carbocycles. The molecule has 4 atom stereocenters. The first kappa shape index (κ1) is 13.3. The molecule has 4 unspecified atom stereocenters. The second-order valence-corrected chi connectivity index (χ2v) is 6.02. The van der Waals surface area contributed by atoms with Crippen LogP contribution >= 0.6 is 0 Å². The smallest absolute Gasteiger partial charge is 0.0521 e. The Bertz CT molecular complexity index is 234. The van der Waals surface area contributed by atoms with Crippen molar-refractivity contribution >= 4 is 0 Å². The molecule has 2 rings (SSSR count). The highest BCUT2D eigenvalue weighted by atomic mass is 16.5. The predicted molar refractivity (Wildman–Crippen MR) is 71.2 cm³/mol. The lowest BCUT2D eigenvalue weighted by atomic mass is 9.87. The second kappa shape index (κ2) is 6.17. The van der Waals surface area contributed by atoms with Gasteiger partial charge in [0.2, 0.25) is 0 Å². The summed E-state index contributed by atoms with van der Waals surface area (Å²) < 4.78 is 5.64. The average molecular weight is 240 g/mol. The van der Waals surface area contributed by atoms with Crippen molar-refractivity contribution in [3.8, 4) is 0 Å². The van der Waals surface area contributed by atoms with Gasteiger partial charge in [0.05, 0.1) is 6.61 Å². The maximum Gasteiger partial charge on any atom is 0.0521 e. The number of ether oxygens (including phenoxy) is 1. The average Bonchev–Trinajstić information content (AvgIpc) is 2.34. The fraction of sp³-hybridized carbons (Fsp3) is 1.00. The van der Waals surface area contributed by atoms with E-state index in [1.54, 1.807) is 0 Å². The maximum atomic E-state index is 5.64. The molecule has 100 valence electrons. The summed E-state index contributed by atoms with van der Waals surface area (Å²) in [5.41, 5.74) is 0. The molecule has 0 spiro atoms. The van der Waals surface area contributed by atoms with Crippen LogP contribution in [0.4, 0.5) is 0 Å². The number of piperidine rings is 1. The third-order valence-electron chi connectivity index (χ3n) is 4.76. The van der Waals surface area contributed by atoms with E-state index in [0.29, 0.717) is 12.0 Å².